The van der Waals surface area contributed by atoms with E-state index in [2.05, 4.69) is 0 Å². The molecule has 0 spiro atoms. The largest absolute Gasteiger partial charge is 0.481 e. The Morgan fingerprint density at radius 2 is 1.90 bits per heavy atom. The van der Waals surface area contributed by atoms with Crippen molar-refractivity contribution >= 4 is 16.0 Å². The lowest BCUT2D eigenvalue weighted by Crippen LogP contribution is -2.33. The Balaban J connectivity index is 3.01. The third-order valence-corrected chi connectivity index (χ3v) is 4.09. The van der Waals surface area contributed by atoms with Gasteiger partial charge in [-0.2, -0.15) is 0 Å². The third kappa shape index (κ3) is 3.48. The Bertz CT molecular complexity index is 618. The molecule has 20 heavy (non-hydrogen) atoms. The average molecular weight is 311 g/mol. The highest BCUT2D eigenvalue weighted by atomic mass is 32.2. The molecule has 0 fully saturated rings. The second-order valence-corrected chi connectivity index (χ2v) is 5.70. The lowest BCUT2D eigenvalue weighted by Gasteiger charge is -2.12. The maximum absolute atomic E-state index is 13.4. The van der Waals surface area contributed by atoms with Gasteiger partial charge in [0.25, 0.3) is 0 Å². The molecule has 0 amide bonds. The fourth-order valence-electron chi connectivity index (χ4n) is 1.41. The molecule has 1 rings (SSSR count). The van der Waals surface area contributed by atoms with E-state index in [1.165, 1.54) is 6.92 Å². The Kier molecular flexibility index (Phi) is 5.12. The van der Waals surface area contributed by atoms with Gasteiger partial charge in [0.05, 0.1) is 5.92 Å². The molecule has 0 heterocycles. The number of carbonyl (C=O) groups is 1. The first-order chi connectivity index (χ1) is 9.20. The predicted molar refractivity (Wildman–Crippen MR) is 62.9 cm³/mol. The van der Waals surface area contributed by atoms with Crippen molar-refractivity contribution in [3.05, 3.63) is 29.6 Å². The Hall–Kier alpha value is -1.61. The van der Waals surface area contributed by atoms with E-state index in [4.69, 9.17) is 5.11 Å². The SMILES string of the molecule is CCC(CNS(=O)(=O)c1ccc(F)c(F)c1F)C(=O)O. The molecule has 1 atom stereocenters. The van der Waals surface area contributed by atoms with E-state index in [0.717, 1.165) is 0 Å². The van der Waals surface area contributed by atoms with E-state index in [0.29, 0.717) is 12.1 Å². The van der Waals surface area contributed by atoms with Crippen LogP contribution < -0.4 is 4.72 Å². The van der Waals surface area contributed by atoms with Gasteiger partial charge in [-0.1, -0.05) is 6.92 Å². The van der Waals surface area contributed by atoms with Crippen LogP contribution in [0.5, 0.6) is 0 Å². The maximum atomic E-state index is 13.4. The first-order valence-corrected chi connectivity index (χ1v) is 7.05. The molecule has 0 bridgehead atoms. The minimum atomic E-state index is -4.46. The normalized spacial score (nSPS) is 13.2. The molecule has 2 N–H and O–H groups in total. The van der Waals surface area contributed by atoms with Gasteiger partial charge in [-0.3, -0.25) is 4.79 Å². The van der Waals surface area contributed by atoms with Crippen LogP contribution in [0.1, 0.15) is 13.3 Å². The minimum absolute atomic E-state index is 0.151. The summed E-state index contributed by atoms with van der Waals surface area (Å²) in [7, 11) is -4.46. The number of rotatable bonds is 6. The van der Waals surface area contributed by atoms with E-state index >= 15 is 0 Å². The van der Waals surface area contributed by atoms with E-state index in [1.54, 1.807) is 0 Å². The molecule has 0 aliphatic carbocycles. The van der Waals surface area contributed by atoms with Gasteiger partial charge in [-0.15, -0.1) is 0 Å². The molecule has 0 aliphatic heterocycles. The molecule has 1 unspecified atom stereocenters. The number of hydrogen-bond donors (Lipinski definition) is 2. The lowest BCUT2D eigenvalue weighted by atomic mass is 10.1. The van der Waals surface area contributed by atoms with Gasteiger partial charge in [0.2, 0.25) is 10.0 Å². The highest BCUT2D eigenvalue weighted by Gasteiger charge is 2.25. The van der Waals surface area contributed by atoms with Gasteiger partial charge < -0.3 is 5.11 Å². The second kappa shape index (κ2) is 6.23. The van der Waals surface area contributed by atoms with Crippen molar-refractivity contribution in [3.8, 4) is 0 Å². The van der Waals surface area contributed by atoms with Crippen LogP contribution in [0, 0.1) is 23.4 Å². The highest BCUT2D eigenvalue weighted by Crippen LogP contribution is 2.19. The van der Waals surface area contributed by atoms with Crippen LogP contribution in [0.15, 0.2) is 17.0 Å². The number of carboxylic acid groups (broad SMARTS) is 1. The summed E-state index contributed by atoms with van der Waals surface area (Å²) in [5, 5.41) is 8.76. The molecule has 1 aromatic carbocycles. The number of carboxylic acids is 1. The standard InChI is InChI=1S/C11H12F3NO4S/c1-2-6(11(16)17)5-15-20(18,19)8-4-3-7(12)9(13)10(8)14/h3-4,6,15H,2,5H2,1H3,(H,16,17). The van der Waals surface area contributed by atoms with Gasteiger partial charge in [0.15, 0.2) is 17.5 Å². The zero-order valence-electron chi connectivity index (χ0n) is 10.4. The van der Waals surface area contributed by atoms with Crippen LogP contribution in [0.4, 0.5) is 13.2 Å². The summed E-state index contributed by atoms with van der Waals surface area (Å²) in [6, 6.07) is 1.04. The lowest BCUT2D eigenvalue weighted by molar-refractivity contribution is -0.141. The summed E-state index contributed by atoms with van der Waals surface area (Å²) in [4.78, 5) is 9.66. The Morgan fingerprint density at radius 1 is 1.30 bits per heavy atom. The molecule has 0 radical (unpaired) electrons. The molecule has 112 valence electrons. The van der Waals surface area contributed by atoms with Crippen LogP contribution in [0.25, 0.3) is 0 Å². The monoisotopic (exact) mass is 311 g/mol. The molecule has 1 aromatic rings. The number of halogens is 3. The summed E-state index contributed by atoms with van der Waals surface area (Å²) in [5.74, 6) is -7.49. The first kappa shape index (κ1) is 16.4. The molecule has 0 saturated heterocycles. The molecule has 0 aromatic heterocycles. The smallest absolute Gasteiger partial charge is 0.307 e. The Labute approximate surface area is 113 Å². The second-order valence-electron chi connectivity index (χ2n) is 3.97. The van der Waals surface area contributed by atoms with E-state index < -0.39 is 50.8 Å². The fraction of sp³-hybridized carbons (Fsp3) is 0.364. The van der Waals surface area contributed by atoms with Crippen molar-refractivity contribution in [2.45, 2.75) is 18.2 Å². The number of sulfonamides is 1. The molecular formula is C11H12F3NO4S. The van der Waals surface area contributed by atoms with Crippen LogP contribution in [0.2, 0.25) is 0 Å². The molecule has 5 nitrogen and oxygen atoms in total. The number of aliphatic carboxylic acids is 1. The van der Waals surface area contributed by atoms with Crippen LogP contribution in [-0.2, 0) is 14.8 Å². The van der Waals surface area contributed by atoms with Crippen molar-refractivity contribution in [1.82, 2.24) is 4.72 Å². The number of hydrogen-bond acceptors (Lipinski definition) is 3. The zero-order valence-corrected chi connectivity index (χ0v) is 11.2. The highest BCUT2D eigenvalue weighted by molar-refractivity contribution is 7.89. The summed E-state index contributed by atoms with van der Waals surface area (Å²) in [6.45, 7) is 1.05. The van der Waals surface area contributed by atoms with E-state index in [-0.39, 0.29) is 6.42 Å². The van der Waals surface area contributed by atoms with Crippen LogP contribution in [-0.4, -0.2) is 26.0 Å². The fourth-order valence-corrected chi connectivity index (χ4v) is 2.56. The molecular weight excluding hydrogens is 299 g/mol. The van der Waals surface area contributed by atoms with Crippen LogP contribution in [0.3, 0.4) is 0 Å². The van der Waals surface area contributed by atoms with Crippen molar-refractivity contribution < 1.29 is 31.5 Å². The van der Waals surface area contributed by atoms with Crippen molar-refractivity contribution in [1.29, 1.82) is 0 Å². The van der Waals surface area contributed by atoms with Crippen molar-refractivity contribution in [2.75, 3.05) is 6.54 Å². The van der Waals surface area contributed by atoms with E-state index in [9.17, 15) is 26.4 Å². The quantitative estimate of drug-likeness (QED) is 0.780. The van der Waals surface area contributed by atoms with Crippen molar-refractivity contribution in [2.24, 2.45) is 5.92 Å². The van der Waals surface area contributed by atoms with Crippen LogP contribution >= 0.6 is 0 Å². The summed E-state index contributed by atoms with van der Waals surface area (Å²) >= 11 is 0. The minimum Gasteiger partial charge on any atom is -0.481 e. The predicted octanol–water partition coefficient (Wildman–Crippen LogP) is 1.49. The summed E-state index contributed by atoms with van der Waals surface area (Å²) in [6.07, 6.45) is 0.151. The van der Waals surface area contributed by atoms with Gasteiger partial charge in [-0.25, -0.2) is 26.3 Å². The van der Waals surface area contributed by atoms with Gasteiger partial charge in [-0.05, 0) is 18.6 Å². The number of benzene rings is 1. The van der Waals surface area contributed by atoms with Gasteiger partial charge in [0.1, 0.15) is 4.90 Å². The molecule has 0 aliphatic rings. The van der Waals surface area contributed by atoms with Gasteiger partial charge in [0, 0.05) is 6.54 Å². The topological polar surface area (TPSA) is 83.5 Å². The van der Waals surface area contributed by atoms with Crippen molar-refractivity contribution in [3.63, 3.8) is 0 Å². The maximum Gasteiger partial charge on any atom is 0.307 e. The first-order valence-electron chi connectivity index (χ1n) is 5.56. The third-order valence-electron chi connectivity index (χ3n) is 2.65. The zero-order chi connectivity index (χ0) is 15.5. The number of nitrogens with one attached hydrogen (secondary N) is 1. The Morgan fingerprint density at radius 3 is 2.40 bits per heavy atom. The average Bonchev–Trinajstić information content (AvgIpc) is 2.36. The summed E-state index contributed by atoms with van der Waals surface area (Å²) < 4.78 is 64.4. The molecule has 0 saturated carbocycles. The van der Waals surface area contributed by atoms with Gasteiger partial charge >= 0.3 is 5.97 Å². The summed E-state index contributed by atoms with van der Waals surface area (Å²) in [5.41, 5.74) is 0. The molecule has 9 heteroatoms. The van der Waals surface area contributed by atoms with E-state index in [1.807, 2.05) is 4.72 Å².